The number of carbonyl (C=O) groups excluding carboxylic acids is 1. The number of esters is 1. The van der Waals surface area contributed by atoms with E-state index in [2.05, 4.69) is 0 Å². The highest BCUT2D eigenvalue weighted by molar-refractivity contribution is 7.91. The largest absolute Gasteiger partial charge is 0.611 e. The molecule has 0 aliphatic heterocycles. The fourth-order valence-electron chi connectivity index (χ4n) is 2.30. The van der Waals surface area contributed by atoms with E-state index in [1.165, 1.54) is 0 Å². The molecule has 1 N–H and O–H groups in total. The minimum Gasteiger partial charge on any atom is -0.611 e. The second-order valence-corrected chi connectivity index (χ2v) is 7.05. The summed E-state index contributed by atoms with van der Waals surface area (Å²) in [4.78, 5) is 12.9. The third-order valence-corrected chi connectivity index (χ3v) is 5.34. The van der Waals surface area contributed by atoms with Crippen LogP contribution in [-0.2, 0) is 20.7 Å². The van der Waals surface area contributed by atoms with Crippen molar-refractivity contribution in [3.05, 3.63) is 65.2 Å². The second-order valence-electron chi connectivity index (χ2n) is 5.15. The molecule has 128 valence electrons. The minimum absolute atomic E-state index is 0.0464. The van der Waals surface area contributed by atoms with Crippen LogP contribution in [-0.4, -0.2) is 28.0 Å². The van der Waals surface area contributed by atoms with Crippen molar-refractivity contribution in [3.63, 3.8) is 0 Å². The maximum absolute atomic E-state index is 12.5. The summed E-state index contributed by atoms with van der Waals surface area (Å²) in [7, 11) is 0. The Kier molecular flexibility index (Phi) is 7.12. The standard InChI is InChI=1S/C18H19ClO4S/c1-2-23-18(21)15(12-24(22)13-8-4-3-5-9-13)17(20)14-10-6-7-11-16(14)19/h3-11,15,17,20H,2,12H2,1H3. The van der Waals surface area contributed by atoms with Crippen LogP contribution in [0.4, 0.5) is 0 Å². The number of halogens is 1. The topological polar surface area (TPSA) is 69.6 Å². The minimum atomic E-state index is -1.44. The molecule has 0 saturated heterocycles. The number of benzene rings is 2. The summed E-state index contributed by atoms with van der Waals surface area (Å²) in [5, 5.41) is 11.0. The molecule has 0 heterocycles. The van der Waals surface area contributed by atoms with Gasteiger partial charge in [0.15, 0.2) is 4.90 Å². The highest BCUT2D eigenvalue weighted by Gasteiger charge is 2.35. The van der Waals surface area contributed by atoms with E-state index < -0.39 is 29.2 Å². The summed E-state index contributed by atoms with van der Waals surface area (Å²) in [6, 6.07) is 15.6. The predicted octanol–water partition coefficient (Wildman–Crippen LogP) is 3.36. The van der Waals surface area contributed by atoms with E-state index in [1.807, 2.05) is 6.07 Å². The number of hydrogen-bond acceptors (Lipinski definition) is 4. The predicted molar refractivity (Wildman–Crippen MR) is 94.3 cm³/mol. The van der Waals surface area contributed by atoms with Gasteiger partial charge in [0.25, 0.3) is 0 Å². The molecular formula is C18H19ClO4S. The van der Waals surface area contributed by atoms with Crippen molar-refractivity contribution in [1.29, 1.82) is 0 Å². The lowest BCUT2D eigenvalue weighted by atomic mass is 9.97. The third kappa shape index (κ3) is 4.74. The van der Waals surface area contributed by atoms with Crippen molar-refractivity contribution >= 4 is 28.7 Å². The Morgan fingerprint density at radius 3 is 2.46 bits per heavy atom. The van der Waals surface area contributed by atoms with E-state index in [4.69, 9.17) is 16.3 Å². The van der Waals surface area contributed by atoms with Gasteiger partial charge < -0.3 is 14.4 Å². The first-order valence-electron chi connectivity index (χ1n) is 7.57. The van der Waals surface area contributed by atoms with Crippen molar-refractivity contribution in [3.8, 4) is 0 Å². The zero-order valence-corrected chi connectivity index (χ0v) is 14.8. The Labute approximate surface area is 149 Å². The molecule has 0 amide bonds. The molecule has 0 bridgehead atoms. The monoisotopic (exact) mass is 366 g/mol. The number of aliphatic hydroxyl groups is 1. The molecule has 4 nitrogen and oxygen atoms in total. The molecule has 24 heavy (non-hydrogen) atoms. The van der Waals surface area contributed by atoms with Gasteiger partial charge in [0.05, 0.1) is 12.7 Å². The van der Waals surface area contributed by atoms with Crippen LogP contribution in [0, 0.1) is 5.92 Å². The van der Waals surface area contributed by atoms with Gasteiger partial charge in [0, 0.05) is 10.6 Å². The van der Waals surface area contributed by atoms with Gasteiger partial charge in [-0.05, 0) is 36.3 Å². The van der Waals surface area contributed by atoms with E-state index in [1.54, 1.807) is 55.5 Å². The molecule has 0 spiro atoms. The second kappa shape index (κ2) is 9.08. The molecule has 2 rings (SSSR count). The SMILES string of the molecule is CCOC(=O)C(C[S+]([O-])c1ccccc1)C(O)c1ccccc1Cl. The average Bonchev–Trinajstić information content (AvgIpc) is 2.60. The first-order chi connectivity index (χ1) is 11.5. The van der Waals surface area contributed by atoms with Crippen LogP contribution in [0.2, 0.25) is 5.02 Å². The zero-order valence-electron chi connectivity index (χ0n) is 13.2. The fourth-order valence-corrected chi connectivity index (χ4v) is 3.85. The Bertz CT molecular complexity index is 665. The van der Waals surface area contributed by atoms with Crippen LogP contribution in [0.15, 0.2) is 59.5 Å². The lowest BCUT2D eigenvalue weighted by Gasteiger charge is -2.23. The maximum Gasteiger partial charge on any atom is 0.316 e. The molecule has 0 aliphatic carbocycles. The Morgan fingerprint density at radius 1 is 1.21 bits per heavy atom. The van der Waals surface area contributed by atoms with E-state index in [9.17, 15) is 14.5 Å². The summed E-state index contributed by atoms with van der Waals surface area (Å²) in [5.41, 5.74) is 0.419. The fraction of sp³-hybridized carbons (Fsp3) is 0.278. The van der Waals surface area contributed by atoms with Crippen molar-refractivity contribution < 1.29 is 19.2 Å². The molecule has 2 aromatic carbocycles. The Morgan fingerprint density at radius 2 is 1.83 bits per heavy atom. The number of rotatable bonds is 7. The van der Waals surface area contributed by atoms with Gasteiger partial charge in [-0.15, -0.1) is 0 Å². The van der Waals surface area contributed by atoms with Crippen molar-refractivity contribution in [2.45, 2.75) is 17.9 Å². The number of ether oxygens (including phenoxy) is 1. The molecule has 0 fully saturated rings. The summed E-state index contributed by atoms with van der Waals surface area (Å²) in [6.45, 7) is 1.87. The van der Waals surface area contributed by atoms with Gasteiger partial charge in [-0.3, -0.25) is 4.79 Å². The van der Waals surface area contributed by atoms with Gasteiger partial charge in [-0.25, -0.2) is 0 Å². The summed E-state index contributed by atoms with van der Waals surface area (Å²) in [5.74, 6) is -1.60. The Balaban J connectivity index is 2.24. The normalized spacial score (nSPS) is 14.7. The first-order valence-corrected chi connectivity index (χ1v) is 9.26. The molecule has 0 aromatic heterocycles. The lowest BCUT2D eigenvalue weighted by molar-refractivity contribution is -0.151. The van der Waals surface area contributed by atoms with E-state index >= 15 is 0 Å². The van der Waals surface area contributed by atoms with Gasteiger partial charge in [-0.1, -0.05) is 48.0 Å². The summed E-state index contributed by atoms with van der Waals surface area (Å²) in [6.07, 6.45) is -1.19. The third-order valence-electron chi connectivity index (χ3n) is 3.53. The molecule has 0 saturated carbocycles. The summed E-state index contributed by atoms with van der Waals surface area (Å²) < 4.78 is 17.6. The number of hydrogen-bond donors (Lipinski definition) is 1. The average molecular weight is 367 g/mol. The quantitative estimate of drug-likeness (QED) is 0.602. The van der Waals surface area contributed by atoms with Crippen LogP contribution in [0.25, 0.3) is 0 Å². The van der Waals surface area contributed by atoms with E-state index in [0.29, 0.717) is 15.5 Å². The van der Waals surface area contributed by atoms with Crippen molar-refractivity contribution in [1.82, 2.24) is 0 Å². The Hall–Kier alpha value is -1.53. The highest BCUT2D eigenvalue weighted by Crippen LogP contribution is 2.31. The van der Waals surface area contributed by atoms with Gasteiger partial charge in [0.2, 0.25) is 0 Å². The molecule has 0 aliphatic rings. The van der Waals surface area contributed by atoms with Crippen LogP contribution in [0.5, 0.6) is 0 Å². The molecule has 6 heteroatoms. The van der Waals surface area contributed by atoms with E-state index in [0.717, 1.165) is 0 Å². The van der Waals surface area contributed by atoms with Crippen LogP contribution in [0.1, 0.15) is 18.6 Å². The van der Waals surface area contributed by atoms with Crippen LogP contribution < -0.4 is 0 Å². The maximum atomic E-state index is 12.5. The molecule has 0 radical (unpaired) electrons. The highest BCUT2D eigenvalue weighted by atomic mass is 35.5. The first kappa shape index (κ1) is 18.8. The number of carbonyl (C=O) groups is 1. The summed E-state index contributed by atoms with van der Waals surface area (Å²) >= 11 is 4.67. The lowest BCUT2D eigenvalue weighted by Crippen LogP contribution is -2.31. The molecular weight excluding hydrogens is 348 g/mol. The van der Waals surface area contributed by atoms with Crippen LogP contribution >= 0.6 is 11.6 Å². The number of aliphatic hydroxyl groups excluding tert-OH is 1. The van der Waals surface area contributed by atoms with Gasteiger partial charge >= 0.3 is 5.97 Å². The molecule has 3 atom stereocenters. The van der Waals surface area contributed by atoms with Crippen molar-refractivity contribution in [2.75, 3.05) is 12.4 Å². The van der Waals surface area contributed by atoms with Gasteiger partial charge in [-0.2, -0.15) is 0 Å². The van der Waals surface area contributed by atoms with Crippen molar-refractivity contribution in [2.24, 2.45) is 5.92 Å². The van der Waals surface area contributed by atoms with E-state index in [-0.39, 0.29) is 12.4 Å². The smallest absolute Gasteiger partial charge is 0.316 e. The zero-order chi connectivity index (χ0) is 17.5. The molecule has 3 unspecified atom stereocenters. The van der Waals surface area contributed by atoms with Crippen LogP contribution in [0.3, 0.4) is 0 Å². The van der Waals surface area contributed by atoms with Gasteiger partial charge in [0.1, 0.15) is 11.7 Å². The molecule has 2 aromatic rings.